The van der Waals surface area contributed by atoms with Gasteiger partial charge in [-0.05, 0) is 116 Å². The van der Waals surface area contributed by atoms with Crippen LogP contribution in [0.25, 0.3) is 111 Å². The number of rotatable bonds is 7. The summed E-state index contributed by atoms with van der Waals surface area (Å²) in [6.07, 6.45) is 0. The fourth-order valence-electron chi connectivity index (χ4n) is 9.50. The minimum atomic E-state index is 1.14. The molecule has 0 aliphatic carbocycles. The summed E-state index contributed by atoms with van der Waals surface area (Å²) in [6, 6.07) is 88.3. The Hall–Kier alpha value is -8.20. The van der Waals surface area contributed by atoms with Crippen LogP contribution in [0.4, 0.5) is 0 Å². The highest BCUT2D eigenvalue weighted by Crippen LogP contribution is 2.38. The lowest BCUT2D eigenvalue weighted by atomic mass is 9.95. The number of para-hydroxylation sites is 3. The number of nitrogens with zero attached hydrogens (tertiary/aromatic N) is 2. The predicted octanol–water partition coefficient (Wildman–Crippen LogP) is 16.2. The van der Waals surface area contributed by atoms with Crippen molar-refractivity contribution >= 4 is 43.6 Å². The van der Waals surface area contributed by atoms with Crippen LogP contribution in [0.15, 0.2) is 243 Å². The number of benzene rings is 10. The van der Waals surface area contributed by atoms with Gasteiger partial charge in [-0.1, -0.05) is 182 Å². The molecule has 0 amide bonds. The first-order valence-corrected chi connectivity index (χ1v) is 21.3. The first kappa shape index (κ1) is 35.7. The van der Waals surface area contributed by atoms with Gasteiger partial charge in [-0.25, -0.2) is 0 Å². The molecule has 62 heavy (non-hydrogen) atoms. The second kappa shape index (κ2) is 14.8. The lowest BCUT2D eigenvalue weighted by Gasteiger charge is -2.12. The second-order valence-corrected chi connectivity index (χ2v) is 16.2. The summed E-state index contributed by atoms with van der Waals surface area (Å²) >= 11 is 0. The lowest BCUT2D eigenvalue weighted by molar-refractivity contribution is 1.18. The van der Waals surface area contributed by atoms with Crippen molar-refractivity contribution in [1.29, 1.82) is 0 Å². The van der Waals surface area contributed by atoms with Gasteiger partial charge in [0, 0.05) is 32.9 Å². The van der Waals surface area contributed by atoms with Crippen molar-refractivity contribution in [2.24, 2.45) is 0 Å². The summed E-state index contributed by atoms with van der Waals surface area (Å²) in [5, 5.41) is 5.04. The molecule has 2 heterocycles. The molecule has 0 saturated carbocycles. The Morgan fingerprint density at radius 1 is 0.177 bits per heavy atom. The molecule has 2 heteroatoms. The van der Waals surface area contributed by atoms with Crippen molar-refractivity contribution in [1.82, 2.24) is 9.13 Å². The van der Waals surface area contributed by atoms with Crippen LogP contribution in [0.1, 0.15) is 0 Å². The molecule has 2 nitrogen and oxygen atoms in total. The van der Waals surface area contributed by atoms with Gasteiger partial charge >= 0.3 is 0 Å². The summed E-state index contributed by atoms with van der Waals surface area (Å²) in [5.74, 6) is 0. The Kier molecular flexibility index (Phi) is 8.53. The average molecular weight is 789 g/mol. The van der Waals surface area contributed by atoms with Crippen molar-refractivity contribution in [3.05, 3.63) is 243 Å². The van der Waals surface area contributed by atoms with Crippen molar-refractivity contribution in [2.45, 2.75) is 0 Å². The first-order chi connectivity index (χ1) is 30.7. The molecular formula is C60H40N2. The van der Waals surface area contributed by atoms with Crippen LogP contribution in [0.2, 0.25) is 0 Å². The normalized spacial score (nSPS) is 11.5. The van der Waals surface area contributed by atoms with Gasteiger partial charge in [0.1, 0.15) is 0 Å². The molecule has 0 radical (unpaired) electrons. The van der Waals surface area contributed by atoms with Crippen LogP contribution in [0, 0.1) is 0 Å². The van der Waals surface area contributed by atoms with E-state index in [-0.39, 0.29) is 0 Å². The summed E-state index contributed by atoms with van der Waals surface area (Å²) < 4.78 is 4.80. The third kappa shape index (κ3) is 6.12. The van der Waals surface area contributed by atoms with Gasteiger partial charge < -0.3 is 9.13 Å². The highest BCUT2D eigenvalue weighted by molar-refractivity contribution is 6.11. The van der Waals surface area contributed by atoms with Gasteiger partial charge in [0.25, 0.3) is 0 Å². The van der Waals surface area contributed by atoms with E-state index in [1.54, 1.807) is 0 Å². The maximum Gasteiger partial charge on any atom is 0.0547 e. The third-order valence-corrected chi connectivity index (χ3v) is 12.5. The molecule has 0 spiro atoms. The minimum Gasteiger partial charge on any atom is -0.309 e. The molecule has 12 aromatic rings. The highest BCUT2D eigenvalue weighted by Gasteiger charge is 2.16. The number of hydrogen-bond donors (Lipinski definition) is 0. The van der Waals surface area contributed by atoms with Crippen LogP contribution >= 0.6 is 0 Å². The molecule has 0 aliphatic rings. The van der Waals surface area contributed by atoms with Crippen LogP contribution < -0.4 is 0 Å². The van der Waals surface area contributed by atoms with Gasteiger partial charge in [0.15, 0.2) is 0 Å². The van der Waals surface area contributed by atoms with E-state index in [0.29, 0.717) is 0 Å². The summed E-state index contributed by atoms with van der Waals surface area (Å²) in [5.41, 5.74) is 19.2. The van der Waals surface area contributed by atoms with Crippen molar-refractivity contribution in [2.75, 3.05) is 0 Å². The van der Waals surface area contributed by atoms with Crippen LogP contribution in [-0.2, 0) is 0 Å². The Morgan fingerprint density at radius 2 is 0.516 bits per heavy atom. The van der Waals surface area contributed by atoms with E-state index in [0.717, 1.165) is 11.4 Å². The zero-order valence-electron chi connectivity index (χ0n) is 34.0. The number of aromatic nitrogens is 2. The van der Waals surface area contributed by atoms with Crippen molar-refractivity contribution < 1.29 is 0 Å². The van der Waals surface area contributed by atoms with Crippen molar-refractivity contribution in [3.8, 4) is 67.0 Å². The van der Waals surface area contributed by atoms with Gasteiger partial charge in [0.05, 0.1) is 22.1 Å². The van der Waals surface area contributed by atoms with Gasteiger partial charge in [-0.15, -0.1) is 0 Å². The van der Waals surface area contributed by atoms with Gasteiger partial charge in [0.2, 0.25) is 0 Å². The topological polar surface area (TPSA) is 9.86 Å². The maximum atomic E-state index is 2.43. The summed E-state index contributed by atoms with van der Waals surface area (Å²) in [7, 11) is 0. The predicted molar refractivity (Wildman–Crippen MR) is 262 cm³/mol. The molecule has 0 N–H and O–H groups in total. The SMILES string of the molecule is c1ccc(-c2cccc(-c3cccc(-c4ccc(-c5cccc(-n6c7ccccc7c7ccc(-c8ccc(-n9c%10ccccc%10c%10ccccc%109)cc8)cc76)c5)cc4)c3)c2)cc1. The minimum absolute atomic E-state index is 1.14. The van der Waals surface area contributed by atoms with E-state index in [1.165, 1.54) is 99.2 Å². The van der Waals surface area contributed by atoms with E-state index in [2.05, 4.69) is 252 Å². The molecule has 0 aliphatic heterocycles. The number of hydrogen-bond acceptors (Lipinski definition) is 0. The van der Waals surface area contributed by atoms with Crippen LogP contribution in [0.5, 0.6) is 0 Å². The van der Waals surface area contributed by atoms with E-state index in [9.17, 15) is 0 Å². The van der Waals surface area contributed by atoms with E-state index in [4.69, 9.17) is 0 Å². The Labute approximate surface area is 360 Å². The van der Waals surface area contributed by atoms with Crippen LogP contribution in [-0.4, -0.2) is 9.13 Å². The Balaban J connectivity index is 0.874. The molecule has 0 unspecified atom stereocenters. The molecule has 290 valence electrons. The van der Waals surface area contributed by atoms with Crippen LogP contribution in [0.3, 0.4) is 0 Å². The maximum absolute atomic E-state index is 2.43. The Bertz CT molecular complexity index is 3550. The number of fused-ring (bicyclic) bond motifs is 6. The molecular weight excluding hydrogens is 749 g/mol. The molecule has 0 atom stereocenters. The van der Waals surface area contributed by atoms with E-state index in [1.807, 2.05) is 0 Å². The van der Waals surface area contributed by atoms with Gasteiger partial charge in [-0.3, -0.25) is 0 Å². The molecule has 12 rings (SSSR count). The highest BCUT2D eigenvalue weighted by atomic mass is 15.0. The molecule has 0 saturated heterocycles. The van der Waals surface area contributed by atoms with E-state index < -0.39 is 0 Å². The van der Waals surface area contributed by atoms with E-state index >= 15 is 0 Å². The average Bonchev–Trinajstić information content (AvgIpc) is 3.87. The third-order valence-electron chi connectivity index (χ3n) is 12.5. The quantitative estimate of drug-likeness (QED) is 0.152. The van der Waals surface area contributed by atoms with Crippen molar-refractivity contribution in [3.63, 3.8) is 0 Å². The van der Waals surface area contributed by atoms with Gasteiger partial charge in [-0.2, -0.15) is 0 Å². The molecule has 0 fully saturated rings. The second-order valence-electron chi connectivity index (χ2n) is 16.2. The summed E-state index contributed by atoms with van der Waals surface area (Å²) in [4.78, 5) is 0. The smallest absolute Gasteiger partial charge is 0.0547 e. The fourth-order valence-corrected chi connectivity index (χ4v) is 9.50. The molecule has 0 bridgehead atoms. The summed E-state index contributed by atoms with van der Waals surface area (Å²) in [6.45, 7) is 0. The Morgan fingerprint density at radius 3 is 1.05 bits per heavy atom. The standard InChI is InChI=1S/C60H40N2/c1-2-13-41(14-3-1)45-15-10-17-47(37-45)48-18-11-16-46(38-48)42-27-29-43(30-28-42)49-19-12-20-52(39-49)62-59-26-9-6-23-55(59)56-36-33-50(40-60(56)62)44-31-34-51(35-32-44)61-57-24-7-4-21-53(57)54-22-5-8-25-58(54)61/h1-40H. The first-order valence-electron chi connectivity index (χ1n) is 21.3. The fraction of sp³-hybridized carbons (Fsp3) is 0. The zero-order valence-corrected chi connectivity index (χ0v) is 34.0. The largest absolute Gasteiger partial charge is 0.309 e. The lowest BCUT2D eigenvalue weighted by Crippen LogP contribution is -1.95. The monoisotopic (exact) mass is 788 g/mol. The molecule has 2 aromatic heterocycles. The molecule has 10 aromatic carbocycles. The zero-order chi connectivity index (χ0) is 41.0.